The Labute approximate surface area is 107 Å². The van der Waals surface area contributed by atoms with Crippen LogP contribution in [0.4, 0.5) is 0 Å². The van der Waals surface area contributed by atoms with Gasteiger partial charge in [-0.15, -0.1) is 0 Å². The third kappa shape index (κ3) is 2.39. The third-order valence-electron chi connectivity index (χ3n) is 4.16. The van der Waals surface area contributed by atoms with Crippen LogP contribution in [0.15, 0.2) is 0 Å². The minimum Gasteiger partial charge on any atom is -0.381 e. The molecule has 0 aromatic heterocycles. The summed E-state index contributed by atoms with van der Waals surface area (Å²) in [6.07, 6.45) is 3.56. The van der Waals surface area contributed by atoms with Crippen molar-refractivity contribution >= 4 is 5.91 Å². The average Bonchev–Trinajstić information content (AvgIpc) is 2.88. The number of piperidine rings is 1. The Balaban J connectivity index is 1.53. The quantitative estimate of drug-likeness (QED) is 0.694. The molecule has 0 aromatic carbocycles. The highest BCUT2D eigenvalue weighted by Crippen LogP contribution is 2.32. The molecular formula is C13H21NO4. The summed E-state index contributed by atoms with van der Waals surface area (Å²) in [5.74, 6) is -0.0689. The molecular weight excluding hydrogens is 234 g/mol. The van der Waals surface area contributed by atoms with Gasteiger partial charge in [-0.1, -0.05) is 0 Å². The highest BCUT2D eigenvalue weighted by Gasteiger charge is 2.41. The minimum absolute atomic E-state index is 0.0678. The summed E-state index contributed by atoms with van der Waals surface area (Å²) in [5, 5.41) is 0. The predicted molar refractivity (Wildman–Crippen MR) is 64.0 cm³/mol. The first kappa shape index (κ1) is 12.4. The molecule has 3 rings (SSSR count). The molecule has 0 saturated carbocycles. The Hall–Kier alpha value is -0.650. The van der Waals surface area contributed by atoms with Crippen molar-refractivity contribution in [3.05, 3.63) is 0 Å². The Morgan fingerprint density at radius 1 is 1.11 bits per heavy atom. The largest absolute Gasteiger partial charge is 0.381 e. The summed E-state index contributed by atoms with van der Waals surface area (Å²) in [6, 6.07) is 0. The van der Waals surface area contributed by atoms with Gasteiger partial charge >= 0.3 is 0 Å². The van der Waals surface area contributed by atoms with Crippen LogP contribution in [-0.2, 0) is 19.0 Å². The van der Waals surface area contributed by atoms with Gasteiger partial charge < -0.3 is 19.1 Å². The molecule has 18 heavy (non-hydrogen) atoms. The zero-order valence-corrected chi connectivity index (χ0v) is 10.7. The van der Waals surface area contributed by atoms with Gasteiger partial charge in [-0.25, -0.2) is 0 Å². The summed E-state index contributed by atoms with van der Waals surface area (Å²) < 4.78 is 16.7. The summed E-state index contributed by atoms with van der Waals surface area (Å²) in [5.41, 5.74) is 0. The zero-order chi connectivity index (χ0) is 12.4. The lowest BCUT2D eigenvalue weighted by molar-refractivity contribution is -0.189. The molecule has 0 aliphatic carbocycles. The number of hydrogen-bond donors (Lipinski definition) is 0. The lowest BCUT2D eigenvalue weighted by Crippen LogP contribution is -2.49. The van der Waals surface area contributed by atoms with E-state index in [1.165, 1.54) is 0 Å². The SMILES string of the molecule is O=C(C1CCCOC1)N1CCC2(CC1)OCCO2. The maximum atomic E-state index is 12.3. The van der Waals surface area contributed by atoms with E-state index >= 15 is 0 Å². The van der Waals surface area contributed by atoms with Crippen molar-refractivity contribution in [2.75, 3.05) is 39.5 Å². The molecule has 1 unspecified atom stereocenters. The molecule has 5 nitrogen and oxygen atoms in total. The average molecular weight is 255 g/mol. The molecule has 0 bridgehead atoms. The summed E-state index contributed by atoms with van der Waals surface area (Å²) in [7, 11) is 0. The van der Waals surface area contributed by atoms with Gasteiger partial charge in [0.2, 0.25) is 5.91 Å². The summed E-state index contributed by atoms with van der Waals surface area (Å²) in [4.78, 5) is 14.3. The van der Waals surface area contributed by atoms with Crippen LogP contribution in [0.5, 0.6) is 0 Å². The van der Waals surface area contributed by atoms with Crippen molar-refractivity contribution in [3.8, 4) is 0 Å². The van der Waals surface area contributed by atoms with Gasteiger partial charge in [0.1, 0.15) is 0 Å². The summed E-state index contributed by atoms with van der Waals surface area (Å²) >= 11 is 0. The number of rotatable bonds is 1. The fourth-order valence-corrected chi connectivity index (χ4v) is 3.05. The molecule has 1 atom stereocenters. The molecule has 0 aromatic rings. The van der Waals surface area contributed by atoms with E-state index < -0.39 is 0 Å². The van der Waals surface area contributed by atoms with Crippen LogP contribution in [0.25, 0.3) is 0 Å². The lowest BCUT2D eigenvalue weighted by Gasteiger charge is -2.39. The summed E-state index contributed by atoms with van der Waals surface area (Å²) in [6.45, 7) is 4.25. The molecule has 3 fully saturated rings. The van der Waals surface area contributed by atoms with Crippen LogP contribution in [0.1, 0.15) is 25.7 Å². The van der Waals surface area contributed by atoms with Crippen molar-refractivity contribution < 1.29 is 19.0 Å². The standard InChI is InChI=1S/C13H21NO4/c15-12(11-2-1-7-16-10-11)14-5-3-13(4-6-14)17-8-9-18-13/h11H,1-10H2. The number of amides is 1. The normalized spacial score (nSPS) is 31.8. The van der Waals surface area contributed by atoms with Crippen molar-refractivity contribution in [3.63, 3.8) is 0 Å². The highest BCUT2D eigenvalue weighted by atomic mass is 16.7. The second-order valence-electron chi connectivity index (χ2n) is 5.35. The molecule has 3 heterocycles. The molecule has 5 heteroatoms. The van der Waals surface area contributed by atoms with Crippen molar-refractivity contribution in [1.82, 2.24) is 4.90 Å². The highest BCUT2D eigenvalue weighted by molar-refractivity contribution is 5.79. The van der Waals surface area contributed by atoms with Gasteiger partial charge in [0.15, 0.2) is 5.79 Å². The van der Waals surface area contributed by atoms with Gasteiger partial charge in [0.05, 0.1) is 25.7 Å². The molecule has 3 aliphatic rings. The smallest absolute Gasteiger partial charge is 0.228 e. The van der Waals surface area contributed by atoms with E-state index in [2.05, 4.69) is 0 Å². The fourth-order valence-electron chi connectivity index (χ4n) is 3.05. The van der Waals surface area contributed by atoms with E-state index in [1.807, 2.05) is 4.90 Å². The number of carbonyl (C=O) groups excluding carboxylic acids is 1. The first-order chi connectivity index (χ1) is 8.79. The van der Waals surface area contributed by atoms with Crippen molar-refractivity contribution in [2.45, 2.75) is 31.5 Å². The van der Waals surface area contributed by atoms with Gasteiger partial charge in [-0.3, -0.25) is 4.79 Å². The molecule has 0 radical (unpaired) electrons. The first-order valence-corrected chi connectivity index (χ1v) is 6.94. The number of hydrogen-bond acceptors (Lipinski definition) is 4. The van der Waals surface area contributed by atoms with E-state index in [4.69, 9.17) is 14.2 Å². The molecule has 102 valence electrons. The van der Waals surface area contributed by atoms with E-state index in [0.29, 0.717) is 19.8 Å². The maximum absolute atomic E-state index is 12.3. The first-order valence-electron chi connectivity index (χ1n) is 6.94. The molecule has 3 saturated heterocycles. The Bertz CT molecular complexity index is 298. The Morgan fingerprint density at radius 2 is 1.83 bits per heavy atom. The number of carbonyl (C=O) groups is 1. The number of ether oxygens (including phenoxy) is 3. The second kappa shape index (κ2) is 5.15. The molecule has 3 aliphatic heterocycles. The van der Waals surface area contributed by atoms with E-state index in [0.717, 1.165) is 45.4 Å². The van der Waals surface area contributed by atoms with Crippen LogP contribution in [0, 0.1) is 5.92 Å². The van der Waals surface area contributed by atoms with Gasteiger partial charge in [-0.05, 0) is 12.8 Å². The third-order valence-corrected chi connectivity index (χ3v) is 4.16. The Morgan fingerprint density at radius 3 is 2.44 bits per heavy atom. The van der Waals surface area contributed by atoms with Crippen LogP contribution in [0.3, 0.4) is 0 Å². The van der Waals surface area contributed by atoms with Crippen LogP contribution in [0.2, 0.25) is 0 Å². The fraction of sp³-hybridized carbons (Fsp3) is 0.923. The Kier molecular flexibility index (Phi) is 3.54. The van der Waals surface area contributed by atoms with Crippen molar-refractivity contribution in [2.24, 2.45) is 5.92 Å². The van der Waals surface area contributed by atoms with Gasteiger partial charge in [0.25, 0.3) is 0 Å². The molecule has 0 N–H and O–H groups in total. The minimum atomic E-state index is -0.389. The monoisotopic (exact) mass is 255 g/mol. The van der Waals surface area contributed by atoms with Crippen LogP contribution < -0.4 is 0 Å². The lowest BCUT2D eigenvalue weighted by atomic mass is 9.97. The van der Waals surface area contributed by atoms with Crippen LogP contribution >= 0.6 is 0 Å². The predicted octanol–water partition coefficient (Wildman–Crippen LogP) is 0.778. The number of likely N-dealkylation sites (tertiary alicyclic amines) is 1. The zero-order valence-electron chi connectivity index (χ0n) is 10.7. The van der Waals surface area contributed by atoms with Gasteiger partial charge in [-0.2, -0.15) is 0 Å². The van der Waals surface area contributed by atoms with Gasteiger partial charge in [0, 0.05) is 32.5 Å². The van der Waals surface area contributed by atoms with E-state index in [-0.39, 0.29) is 17.6 Å². The maximum Gasteiger partial charge on any atom is 0.228 e. The molecule has 1 spiro atoms. The van der Waals surface area contributed by atoms with E-state index in [9.17, 15) is 4.79 Å². The van der Waals surface area contributed by atoms with E-state index in [1.54, 1.807) is 0 Å². The topological polar surface area (TPSA) is 48.0 Å². The second-order valence-corrected chi connectivity index (χ2v) is 5.35. The van der Waals surface area contributed by atoms with Crippen molar-refractivity contribution in [1.29, 1.82) is 0 Å². The molecule has 1 amide bonds. The van der Waals surface area contributed by atoms with Crippen LogP contribution in [-0.4, -0.2) is 56.1 Å². The number of nitrogens with zero attached hydrogens (tertiary/aromatic N) is 1.